The molecule has 18 heavy (non-hydrogen) atoms. The zero-order valence-corrected chi connectivity index (χ0v) is 10.3. The summed E-state index contributed by atoms with van der Waals surface area (Å²) in [5.74, 6) is 0. The maximum atomic E-state index is 10.1. The standard InChI is InChI=1S/C14H19NO3/c16-13-7-6-11-8-12(14(13)17)15(18-11)9-10-4-2-1-3-5-10/h1-5,11-14,16-17H,6-9H2/t11-,12-,13-,14-/m1/s1. The first-order valence-electron chi connectivity index (χ1n) is 6.57. The molecule has 1 aromatic carbocycles. The number of aliphatic hydroxyl groups is 2. The van der Waals surface area contributed by atoms with E-state index in [0.717, 1.165) is 18.4 Å². The van der Waals surface area contributed by atoms with Crippen molar-refractivity contribution in [3.8, 4) is 0 Å². The number of hydrogen-bond acceptors (Lipinski definition) is 4. The van der Waals surface area contributed by atoms with Crippen LogP contribution in [0.2, 0.25) is 0 Å². The van der Waals surface area contributed by atoms with Crippen molar-refractivity contribution >= 4 is 0 Å². The van der Waals surface area contributed by atoms with Crippen LogP contribution in [-0.4, -0.2) is 39.6 Å². The number of benzene rings is 1. The third-order valence-electron chi connectivity index (χ3n) is 3.91. The van der Waals surface area contributed by atoms with E-state index in [9.17, 15) is 10.2 Å². The maximum Gasteiger partial charge on any atom is 0.0978 e. The highest BCUT2D eigenvalue weighted by Gasteiger charge is 2.43. The highest BCUT2D eigenvalue weighted by Crippen LogP contribution is 2.33. The first-order chi connectivity index (χ1) is 8.74. The average Bonchev–Trinajstić information content (AvgIpc) is 2.73. The summed E-state index contributed by atoms with van der Waals surface area (Å²) >= 11 is 0. The van der Waals surface area contributed by atoms with Gasteiger partial charge in [0.15, 0.2) is 0 Å². The smallest absolute Gasteiger partial charge is 0.0978 e. The SMILES string of the molecule is O[C@H]1[C@H](O)CC[C@@H]2C[C@H]1N(Cc1ccccc1)O2. The van der Waals surface area contributed by atoms with E-state index >= 15 is 0 Å². The minimum atomic E-state index is -0.707. The van der Waals surface area contributed by atoms with Gasteiger partial charge in [-0.05, 0) is 24.8 Å². The van der Waals surface area contributed by atoms with Crippen LogP contribution in [0.5, 0.6) is 0 Å². The van der Waals surface area contributed by atoms with Gasteiger partial charge in [-0.2, -0.15) is 5.06 Å². The van der Waals surface area contributed by atoms with E-state index in [-0.39, 0.29) is 12.1 Å². The lowest BCUT2D eigenvalue weighted by Gasteiger charge is -2.30. The van der Waals surface area contributed by atoms with Gasteiger partial charge in [0.25, 0.3) is 0 Å². The molecule has 0 radical (unpaired) electrons. The molecular weight excluding hydrogens is 230 g/mol. The third kappa shape index (κ3) is 2.29. The van der Waals surface area contributed by atoms with Crippen LogP contribution >= 0.6 is 0 Å². The van der Waals surface area contributed by atoms with Gasteiger partial charge >= 0.3 is 0 Å². The summed E-state index contributed by atoms with van der Waals surface area (Å²) in [5, 5.41) is 21.8. The van der Waals surface area contributed by atoms with E-state index in [4.69, 9.17) is 4.84 Å². The van der Waals surface area contributed by atoms with E-state index < -0.39 is 12.2 Å². The van der Waals surface area contributed by atoms with Crippen molar-refractivity contribution in [1.82, 2.24) is 5.06 Å². The Morgan fingerprint density at radius 1 is 1.17 bits per heavy atom. The zero-order chi connectivity index (χ0) is 12.5. The summed E-state index contributed by atoms with van der Waals surface area (Å²) in [5.41, 5.74) is 1.16. The summed E-state index contributed by atoms with van der Waals surface area (Å²) in [7, 11) is 0. The van der Waals surface area contributed by atoms with E-state index in [2.05, 4.69) is 0 Å². The van der Waals surface area contributed by atoms with Crippen molar-refractivity contribution < 1.29 is 15.1 Å². The molecule has 1 aliphatic heterocycles. The molecule has 2 fully saturated rings. The minimum Gasteiger partial charge on any atom is -0.390 e. The monoisotopic (exact) mass is 249 g/mol. The van der Waals surface area contributed by atoms with Crippen LogP contribution in [0.3, 0.4) is 0 Å². The van der Waals surface area contributed by atoms with Gasteiger partial charge in [0.05, 0.1) is 24.4 Å². The topological polar surface area (TPSA) is 52.9 Å². The zero-order valence-electron chi connectivity index (χ0n) is 10.3. The van der Waals surface area contributed by atoms with Gasteiger partial charge in [-0.15, -0.1) is 0 Å². The van der Waals surface area contributed by atoms with Crippen LogP contribution in [0.25, 0.3) is 0 Å². The molecule has 4 heteroatoms. The van der Waals surface area contributed by atoms with Crippen LogP contribution in [0.4, 0.5) is 0 Å². The Morgan fingerprint density at radius 3 is 2.72 bits per heavy atom. The van der Waals surface area contributed by atoms with E-state index in [1.54, 1.807) is 0 Å². The van der Waals surface area contributed by atoms with Crippen molar-refractivity contribution in [2.75, 3.05) is 0 Å². The second-order valence-electron chi connectivity index (χ2n) is 5.23. The molecule has 0 unspecified atom stereocenters. The Bertz CT molecular complexity index is 397. The van der Waals surface area contributed by atoms with Crippen molar-refractivity contribution in [2.45, 2.75) is 50.2 Å². The molecule has 2 N–H and O–H groups in total. The summed E-state index contributed by atoms with van der Waals surface area (Å²) < 4.78 is 0. The molecule has 1 saturated carbocycles. The van der Waals surface area contributed by atoms with Gasteiger partial charge in [0, 0.05) is 6.54 Å². The van der Waals surface area contributed by atoms with Gasteiger partial charge in [-0.25, -0.2) is 0 Å². The van der Waals surface area contributed by atoms with Crippen molar-refractivity contribution in [2.24, 2.45) is 0 Å². The molecule has 2 aliphatic rings. The molecule has 0 aromatic heterocycles. The minimum absolute atomic E-state index is 0.0901. The lowest BCUT2D eigenvalue weighted by atomic mass is 10.0. The molecule has 1 aromatic rings. The summed E-state index contributed by atoms with van der Waals surface area (Å²) in [6, 6.07) is 9.97. The van der Waals surface area contributed by atoms with E-state index in [1.807, 2.05) is 35.4 Å². The number of fused-ring (bicyclic) bond motifs is 2. The van der Waals surface area contributed by atoms with Crippen LogP contribution in [0.15, 0.2) is 30.3 Å². The highest BCUT2D eigenvalue weighted by molar-refractivity contribution is 5.14. The van der Waals surface area contributed by atoms with Gasteiger partial charge in [-0.3, -0.25) is 4.84 Å². The lowest BCUT2D eigenvalue weighted by Crippen LogP contribution is -2.44. The molecule has 3 rings (SSSR count). The number of aliphatic hydroxyl groups excluding tert-OH is 2. The van der Waals surface area contributed by atoms with E-state index in [0.29, 0.717) is 13.0 Å². The van der Waals surface area contributed by atoms with Gasteiger partial charge in [0.2, 0.25) is 0 Å². The molecule has 1 saturated heterocycles. The number of rotatable bonds is 2. The first-order valence-corrected chi connectivity index (χ1v) is 6.57. The first kappa shape index (κ1) is 12.1. The second kappa shape index (κ2) is 4.97. The number of hydroxylamine groups is 2. The summed E-state index contributed by atoms with van der Waals surface area (Å²) in [6.07, 6.45) is 1.07. The molecule has 4 atom stereocenters. The normalized spacial score (nSPS) is 36.6. The van der Waals surface area contributed by atoms with Crippen LogP contribution in [0, 0.1) is 0 Å². The summed E-state index contributed by atoms with van der Waals surface area (Å²) in [6.45, 7) is 0.659. The predicted octanol–water partition coefficient (Wildman–Crippen LogP) is 1.08. The van der Waals surface area contributed by atoms with Crippen LogP contribution in [0.1, 0.15) is 24.8 Å². The maximum absolute atomic E-state index is 10.1. The second-order valence-corrected chi connectivity index (χ2v) is 5.23. The fraction of sp³-hybridized carbons (Fsp3) is 0.571. The average molecular weight is 249 g/mol. The predicted molar refractivity (Wildman–Crippen MR) is 66.5 cm³/mol. The van der Waals surface area contributed by atoms with E-state index in [1.165, 1.54) is 0 Å². The Hall–Kier alpha value is -0.940. The van der Waals surface area contributed by atoms with Crippen LogP contribution in [-0.2, 0) is 11.4 Å². The molecular formula is C14H19NO3. The quantitative estimate of drug-likeness (QED) is 0.823. The molecule has 0 amide bonds. The van der Waals surface area contributed by atoms with Crippen LogP contribution < -0.4 is 0 Å². The number of nitrogens with zero attached hydrogens (tertiary/aromatic N) is 1. The Balaban J connectivity index is 1.74. The molecule has 1 heterocycles. The molecule has 2 bridgehead atoms. The van der Waals surface area contributed by atoms with Crippen molar-refractivity contribution in [3.05, 3.63) is 35.9 Å². The summed E-state index contributed by atoms with van der Waals surface area (Å²) in [4.78, 5) is 5.85. The Labute approximate surface area is 107 Å². The fourth-order valence-corrected chi connectivity index (χ4v) is 2.88. The highest BCUT2D eigenvalue weighted by atomic mass is 16.7. The molecule has 0 spiro atoms. The third-order valence-corrected chi connectivity index (χ3v) is 3.91. The van der Waals surface area contributed by atoms with Gasteiger partial charge in [0.1, 0.15) is 0 Å². The van der Waals surface area contributed by atoms with Gasteiger partial charge in [-0.1, -0.05) is 30.3 Å². The van der Waals surface area contributed by atoms with Gasteiger partial charge < -0.3 is 10.2 Å². The number of hydrogen-bond donors (Lipinski definition) is 2. The van der Waals surface area contributed by atoms with Crippen molar-refractivity contribution in [1.29, 1.82) is 0 Å². The Morgan fingerprint density at radius 2 is 1.94 bits per heavy atom. The Kier molecular flexibility index (Phi) is 3.35. The lowest BCUT2D eigenvalue weighted by molar-refractivity contribution is -0.203. The fourth-order valence-electron chi connectivity index (χ4n) is 2.88. The largest absolute Gasteiger partial charge is 0.390 e. The molecule has 4 nitrogen and oxygen atoms in total. The van der Waals surface area contributed by atoms with Crippen molar-refractivity contribution in [3.63, 3.8) is 0 Å². The molecule has 98 valence electrons. The molecule has 1 aliphatic carbocycles.